The maximum Gasteiger partial charge on any atom is 0.236 e. The van der Waals surface area contributed by atoms with Gasteiger partial charge in [0.25, 0.3) is 0 Å². The molecule has 0 radical (unpaired) electrons. The van der Waals surface area contributed by atoms with Crippen molar-refractivity contribution in [1.29, 1.82) is 0 Å². The van der Waals surface area contributed by atoms with E-state index < -0.39 is 0 Å². The average molecular weight is 365 g/mol. The first kappa shape index (κ1) is 18.3. The van der Waals surface area contributed by atoms with Gasteiger partial charge in [-0.15, -0.1) is 11.3 Å². The highest BCUT2D eigenvalue weighted by molar-refractivity contribution is 7.09. The van der Waals surface area contributed by atoms with Crippen molar-refractivity contribution in [2.45, 2.75) is 45.1 Å². The van der Waals surface area contributed by atoms with Crippen LogP contribution < -0.4 is 5.32 Å². The molecule has 2 atom stereocenters. The predicted molar refractivity (Wildman–Crippen MR) is 98.3 cm³/mol. The lowest BCUT2D eigenvalue weighted by Crippen LogP contribution is -2.48. The Kier molecular flexibility index (Phi) is 6.42. The summed E-state index contributed by atoms with van der Waals surface area (Å²) in [7, 11) is 0. The molecule has 0 unspecified atom stereocenters. The third-order valence-electron chi connectivity index (χ3n) is 5.17. The van der Waals surface area contributed by atoms with Crippen molar-refractivity contribution in [3.05, 3.63) is 16.6 Å². The molecule has 1 N–H and O–H groups in total. The van der Waals surface area contributed by atoms with E-state index in [0.29, 0.717) is 13.1 Å². The Morgan fingerprint density at radius 1 is 1.28 bits per heavy atom. The fraction of sp³-hybridized carbons (Fsp3) is 0.722. The second kappa shape index (κ2) is 8.76. The van der Waals surface area contributed by atoms with E-state index in [4.69, 9.17) is 0 Å². The Morgan fingerprint density at radius 2 is 2.08 bits per heavy atom. The van der Waals surface area contributed by atoms with Crippen LogP contribution in [0.4, 0.5) is 0 Å². The molecule has 3 heterocycles. The molecule has 6 nitrogen and oxygen atoms in total. The van der Waals surface area contributed by atoms with Crippen molar-refractivity contribution in [2.24, 2.45) is 5.92 Å². The lowest BCUT2D eigenvalue weighted by atomic mass is 9.90. The van der Waals surface area contributed by atoms with Crippen molar-refractivity contribution >= 4 is 23.2 Å². The van der Waals surface area contributed by atoms with Crippen molar-refractivity contribution < 1.29 is 9.59 Å². The lowest BCUT2D eigenvalue weighted by Gasteiger charge is -2.37. The van der Waals surface area contributed by atoms with Crippen LogP contribution in [0.1, 0.15) is 50.1 Å². The molecule has 2 fully saturated rings. The summed E-state index contributed by atoms with van der Waals surface area (Å²) >= 11 is 1.57. The number of amides is 2. The SMILES string of the molecule is CC(=O)N[C@H](c1nccs1)[C@@H]1CCCN(C(=O)CN2CCCCC2)C1. The van der Waals surface area contributed by atoms with Gasteiger partial charge >= 0.3 is 0 Å². The van der Waals surface area contributed by atoms with E-state index in [9.17, 15) is 9.59 Å². The first-order valence-electron chi connectivity index (χ1n) is 9.30. The van der Waals surface area contributed by atoms with Crippen LogP contribution >= 0.6 is 11.3 Å². The molecular weight excluding hydrogens is 336 g/mol. The van der Waals surface area contributed by atoms with Crippen LogP contribution in [0.5, 0.6) is 0 Å². The Morgan fingerprint density at radius 3 is 2.76 bits per heavy atom. The lowest BCUT2D eigenvalue weighted by molar-refractivity contribution is -0.134. The van der Waals surface area contributed by atoms with Gasteiger partial charge in [-0.3, -0.25) is 14.5 Å². The number of rotatable bonds is 5. The molecule has 0 aromatic carbocycles. The molecule has 7 heteroatoms. The number of hydrogen-bond acceptors (Lipinski definition) is 5. The maximum absolute atomic E-state index is 12.7. The summed E-state index contributed by atoms with van der Waals surface area (Å²) in [6, 6.07) is -0.0944. The first-order chi connectivity index (χ1) is 12.1. The van der Waals surface area contributed by atoms with Gasteiger partial charge in [-0.2, -0.15) is 0 Å². The number of piperidine rings is 2. The molecule has 2 aliphatic rings. The first-order valence-corrected chi connectivity index (χ1v) is 10.2. The zero-order valence-corrected chi connectivity index (χ0v) is 15.8. The monoisotopic (exact) mass is 364 g/mol. The van der Waals surface area contributed by atoms with Gasteiger partial charge in [-0.1, -0.05) is 6.42 Å². The molecule has 25 heavy (non-hydrogen) atoms. The molecule has 138 valence electrons. The van der Waals surface area contributed by atoms with Crippen LogP contribution in [0.25, 0.3) is 0 Å². The Balaban J connectivity index is 1.62. The molecule has 1 aromatic rings. The molecule has 3 rings (SSSR count). The second-order valence-electron chi connectivity index (χ2n) is 7.13. The predicted octanol–water partition coefficient (Wildman–Crippen LogP) is 2.04. The van der Waals surface area contributed by atoms with Crippen LogP contribution in [0.3, 0.4) is 0 Å². The van der Waals surface area contributed by atoms with Crippen LogP contribution in [0, 0.1) is 5.92 Å². The van der Waals surface area contributed by atoms with E-state index in [1.165, 1.54) is 19.3 Å². The molecule has 0 saturated carbocycles. The molecule has 2 amide bonds. The number of carbonyl (C=O) groups is 2. The summed E-state index contributed by atoms with van der Waals surface area (Å²) in [5.41, 5.74) is 0. The van der Waals surface area contributed by atoms with E-state index in [0.717, 1.165) is 37.5 Å². The minimum Gasteiger partial charge on any atom is -0.347 e. The van der Waals surface area contributed by atoms with Gasteiger partial charge in [0.15, 0.2) is 0 Å². The van der Waals surface area contributed by atoms with Crippen molar-refractivity contribution in [1.82, 2.24) is 20.1 Å². The number of nitrogens with one attached hydrogen (secondary N) is 1. The van der Waals surface area contributed by atoms with Crippen LogP contribution in [-0.2, 0) is 9.59 Å². The highest BCUT2D eigenvalue weighted by Crippen LogP contribution is 2.31. The summed E-state index contributed by atoms with van der Waals surface area (Å²) in [5, 5.41) is 5.93. The highest BCUT2D eigenvalue weighted by Gasteiger charge is 2.32. The van der Waals surface area contributed by atoms with Crippen molar-refractivity contribution in [3.63, 3.8) is 0 Å². The molecule has 0 bridgehead atoms. The fourth-order valence-electron chi connectivity index (χ4n) is 3.91. The summed E-state index contributed by atoms with van der Waals surface area (Å²) in [6.45, 7) is 5.69. The van der Waals surface area contributed by atoms with E-state index >= 15 is 0 Å². The van der Waals surface area contributed by atoms with Crippen molar-refractivity contribution in [2.75, 3.05) is 32.7 Å². The molecule has 0 spiro atoms. The zero-order chi connectivity index (χ0) is 17.6. The van der Waals surface area contributed by atoms with Gasteiger partial charge in [0, 0.05) is 37.5 Å². The van der Waals surface area contributed by atoms with Gasteiger partial charge < -0.3 is 10.2 Å². The molecule has 1 aromatic heterocycles. The van der Waals surface area contributed by atoms with Gasteiger partial charge in [-0.25, -0.2) is 4.98 Å². The number of aromatic nitrogens is 1. The topological polar surface area (TPSA) is 65.5 Å². The van der Waals surface area contributed by atoms with E-state index in [1.807, 2.05) is 10.3 Å². The molecule has 2 aliphatic heterocycles. The van der Waals surface area contributed by atoms with Crippen LogP contribution in [-0.4, -0.2) is 59.3 Å². The highest BCUT2D eigenvalue weighted by atomic mass is 32.1. The largest absolute Gasteiger partial charge is 0.347 e. The molecule has 0 aliphatic carbocycles. The average Bonchev–Trinajstić information content (AvgIpc) is 3.15. The second-order valence-corrected chi connectivity index (χ2v) is 8.05. The summed E-state index contributed by atoms with van der Waals surface area (Å²) in [5.74, 6) is 0.415. The van der Waals surface area contributed by atoms with Gasteiger partial charge in [0.2, 0.25) is 11.8 Å². The fourth-order valence-corrected chi connectivity index (χ4v) is 4.69. The summed E-state index contributed by atoms with van der Waals surface area (Å²) < 4.78 is 0. The number of hydrogen-bond donors (Lipinski definition) is 1. The normalized spacial score (nSPS) is 23.2. The Labute approximate surface area is 153 Å². The minimum atomic E-state index is -0.0944. The van der Waals surface area contributed by atoms with E-state index in [2.05, 4.69) is 15.2 Å². The number of nitrogens with zero attached hydrogens (tertiary/aromatic N) is 3. The number of likely N-dealkylation sites (tertiary alicyclic amines) is 2. The number of thiazole rings is 1. The third kappa shape index (κ3) is 5.01. The van der Waals surface area contributed by atoms with Gasteiger partial charge in [-0.05, 0) is 38.8 Å². The third-order valence-corrected chi connectivity index (χ3v) is 6.02. The number of carbonyl (C=O) groups excluding carboxylic acids is 2. The van der Waals surface area contributed by atoms with Crippen LogP contribution in [0.2, 0.25) is 0 Å². The zero-order valence-electron chi connectivity index (χ0n) is 14.9. The standard InChI is InChI=1S/C18H28N4O2S/c1-14(23)20-17(18-19-7-11-25-18)15-6-5-10-22(12-15)16(24)13-21-8-3-2-4-9-21/h7,11,15,17H,2-6,8-10,12-13H2,1H3,(H,20,23)/t15-,17+/m1/s1. The van der Waals surface area contributed by atoms with Gasteiger partial charge in [0.1, 0.15) is 5.01 Å². The Hall–Kier alpha value is -1.47. The maximum atomic E-state index is 12.7. The minimum absolute atomic E-state index is 0.0445. The smallest absolute Gasteiger partial charge is 0.236 e. The van der Waals surface area contributed by atoms with E-state index in [-0.39, 0.29) is 23.8 Å². The quantitative estimate of drug-likeness (QED) is 0.868. The summed E-state index contributed by atoms with van der Waals surface area (Å²) in [4.78, 5) is 33.0. The van der Waals surface area contributed by atoms with Crippen molar-refractivity contribution in [3.8, 4) is 0 Å². The summed E-state index contributed by atoms with van der Waals surface area (Å²) in [6.07, 6.45) is 7.45. The van der Waals surface area contributed by atoms with Gasteiger partial charge in [0.05, 0.1) is 12.6 Å². The molecule has 2 saturated heterocycles. The van der Waals surface area contributed by atoms with Crippen LogP contribution in [0.15, 0.2) is 11.6 Å². The Bertz CT molecular complexity index is 572. The molecular formula is C18H28N4O2S. The van der Waals surface area contributed by atoms with E-state index in [1.54, 1.807) is 24.5 Å².